The number of nitrogens with one attached hydrogen (secondary N) is 1. The zero-order chi connectivity index (χ0) is 17.8. The minimum Gasteiger partial charge on any atom is -0.392 e. The third-order valence-corrected chi connectivity index (χ3v) is 4.61. The fraction of sp³-hybridized carbons (Fsp3) is 0.300. The number of amides is 2. The predicted octanol–water partition coefficient (Wildman–Crippen LogP) is 2.16. The Kier molecular flexibility index (Phi) is 5.14. The Bertz CT molecular complexity index is 771. The minimum absolute atomic E-state index is 0.0738. The second kappa shape index (κ2) is 7.49. The van der Waals surface area contributed by atoms with Gasteiger partial charge in [-0.1, -0.05) is 42.0 Å². The maximum absolute atomic E-state index is 12.6. The van der Waals surface area contributed by atoms with Crippen molar-refractivity contribution in [2.24, 2.45) is 5.92 Å². The monoisotopic (exact) mass is 338 g/mol. The molecule has 1 aliphatic heterocycles. The van der Waals surface area contributed by atoms with Gasteiger partial charge in [0.1, 0.15) is 5.92 Å². The third-order valence-electron chi connectivity index (χ3n) is 4.61. The standard InChI is InChI=1S/C20H22N2O3/c1-14-6-8-17(9-7-14)22-11-10-18(20(22)25)19(24)21-12-15-4-2-3-5-16(15)13-23/h2-9,18,23H,10-13H2,1H3,(H,21,24)/t18-/m1/s1. The van der Waals surface area contributed by atoms with Gasteiger partial charge in [-0.3, -0.25) is 9.59 Å². The molecule has 0 radical (unpaired) electrons. The summed E-state index contributed by atoms with van der Waals surface area (Å²) in [6.45, 7) is 2.78. The van der Waals surface area contributed by atoms with Crippen LogP contribution in [0.5, 0.6) is 0 Å². The zero-order valence-corrected chi connectivity index (χ0v) is 14.2. The number of anilines is 1. The molecular formula is C20H22N2O3. The number of aliphatic hydroxyl groups excluding tert-OH is 1. The van der Waals surface area contributed by atoms with E-state index < -0.39 is 5.92 Å². The van der Waals surface area contributed by atoms with Crippen LogP contribution in [0, 0.1) is 12.8 Å². The number of aryl methyl sites for hydroxylation is 1. The van der Waals surface area contributed by atoms with E-state index in [1.807, 2.05) is 55.5 Å². The number of hydrogen-bond donors (Lipinski definition) is 2. The molecule has 25 heavy (non-hydrogen) atoms. The van der Waals surface area contributed by atoms with Crippen molar-refractivity contribution in [1.29, 1.82) is 0 Å². The SMILES string of the molecule is Cc1ccc(N2CC[C@H](C(=O)NCc3ccccc3CO)C2=O)cc1. The van der Waals surface area contributed by atoms with Crippen molar-refractivity contribution < 1.29 is 14.7 Å². The van der Waals surface area contributed by atoms with E-state index in [0.29, 0.717) is 19.5 Å². The first-order chi connectivity index (χ1) is 12.1. The van der Waals surface area contributed by atoms with Crippen molar-refractivity contribution in [3.63, 3.8) is 0 Å². The Labute approximate surface area is 147 Å². The summed E-state index contributed by atoms with van der Waals surface area (Å²) in [7, 11) is 0. The van der Waals surface area contributed by atoms with Gasteiger partial charge >= 0.3 is 0 Å². The quantitative estimate of drug-likeness (QED) is 0.821. The van der Waals surface area contributed by atoms with Gasteiger partial charge in [-0.25, -0.2) is 0 Å². The second-order valence-electron chi connectivity index (χ2n) is 6.31. The van der Waals surface area contributed by atoms with Gasteiger partial charge in [0.2, 0.25) is 11.8 Å². The van der Waals surface area contributed by atoms with Gasteiger partial charge < -0.3 is 15.3 Å². The van der Waals surface area contributed by atoms with Crippen LogP contribution in [0.4, 0.5) is 5.69 Å². The summed E-state index contributed by atoms with van der Waals surface area (Å²) in [4.78, 5) is 26.7. The maximum atomic E-state index is 12.6. The molecule has 2 N–H and O–H groups in total. The molecule has 2 aromatic carbocycles. The summed E-state index contributed by atoms with van der Waals surface area (Å²) in [6.07, 6.45) is 0.514. The highest BCUT2D eigenvalue weighted by atomic mass is 16.3. The Morgan fingerprint density at radius 1 is 1.16 bits per heavy atom. The average Bonchev–Trinajstić information content (AvgIpc) is 3.02. The van der Waals surface area contributed by atoms with Crippen LogP contribution in [0.15, 0.2) is 48.5 Å². The molecule has 130 valence electrons. The summed E-state index contributed by atoms with van der Waals surface area (Å²) in [5, 5.41) is 12.2. The number of nitrogens with zero attached hydrogens (tertiary/aromatic N) is 1. The van der Waals surface area contributed by atoms with Crippen LogP contribution in [0.3, 0.4) is 0 Å². The molecule has 1 aliphatic rings. The lowest BCUT2D eigenvalue weighted by Gasteiger charge is -2.17. The molecular weight excluding hydrogens is 316 g/mol. The molecule has 0 unspecified atom stereocenters. The molecule has 2 amide bonds. The van der Waals surface area contributed by atoms with Crippen LogP contribution >= 0.6 is 0 Å². The number of hydrogen-bond acceptors (Lipinski definition) is 3. The Morgan fingerprint density at radius 3 is 2.52 bits per heavy atom. The summed E-state index contributed by atoms with van der Waals surface area (Å²) >= 11 is 0. The number of benzene rings is 2. The number of carbonyl (C=O) groups is 2. The van der Waals surface area contributed by atoms with Crippen molar-refractivity contribution in [2.45, 2.75) is 26.5 Å². The van der Waals surface area contributed by atoms with Crippen molar-refractivity contribution >= 4 is 17.5 Å². The summed E-state index contributed by atoms with van der Waals surface area (Å²) < 4.78 is 0. The molecule has 1 fully saturated rings. The van der Waals surface area contributed by atoms with Crippen molar-refractivity contribution in [1.82, 2.24) is 5.32 Å². The van der Waals surface area contributed by atoms with Gasteiger partial charge in [-0.2, -0.15) is 0 Å². The van der Waals surface area contributed by atoms with Crippen LogP contribution in [-0.2, 0) is 22.7 Å². The molecule has 5 heteroatoms. The fourth-order valence-corrected chi connectivity index (χ4v) is 3.09. The smallest absolute Gasteiger partial charge is 0.239 e. The first-order valence-corrected chi connectivity index (χ1v) is 8.43. The van der Waals surface area contributed by atoms with Gasteiger partial charge in [0, 0.05) is 18.8 Å². The van der Waals surface area contributed by atoms with E-state index in [1.54, 1.807) is 4.90 Å². The molecule has 3 rings (SSSR count). The first kappa shape index (κ1) is 17.2. The van der Waals surface area contributed by atoms with E-state index in [0.717, 1.165) is 22.4 Å². The molecule has 0 aromatic heterocycles. The minimum atomic E-state index is -0.650. The second-order valence-corrected chi connectivity index (χ2v) is 6.31. The largest absolute Gasteiger partial charge is 0.392 e. The molecule has 5 nitrogen and oxygen atoms in total. The summed E-state index contributed by atoms with van der Waals surface area (Å²) in [5.41, 5.74) is 3.60. The van der Waals surface area contributed by atoms with Crippen LogP contribution in [0.25, 0.3) is 0 Å². The molecule has 1 atom stereocenters. The van der Waals surface area contributed by atoms with Crippen LogP contribution in [-0.4, -0.2) is 23.5 Å². The fourth-order valence-electron chi connectivity index (χ4n) is 3.09. The van der Waals surface area contributed by atoms with Crippen molar-refractivity contribution in [3.8, 4) is 0 Å². The van der Waals surface area contributed by atoms with E-state index in [9.17, 15) is 14.7 Å². The van der Waals surface area contributed by atoms with Gasteiger partial charge in [0.15, 0.2) is 0 Å². The average molecular weight is 338 g/mol. The van der Waals surface area contributed by atoms with Crippen molar-refractivity contribution in [3.05, 3.63) is 65.2 Å². The topological polar surface area (TPSA) is 69.6 Å². The highest BCUT2D eigenvalue weighted by Gasteiger charge is 2.37. The van der Waals surface area contributed by atoms with Gasteiger partial charge in [0.25, 0.3) is 0 Å². The van der Waals surface area contributed by atoms with E-state index in [1.165, 1.54) is 0 Å². The lowest BCUT2D eigenvalue weighted by atomic mass is 10.1. The van der Waals surface area contributed by atoms with Crippen LogP contribution in [0.1, 0.15) is 23.1 Å². The van der Waals surface area contributed by atoms with Crippen molar-refractivity contribution in [2.75, 3.05) is 11.4 Å². The highest BCUT2D eigenvalue weighted by molar-refractivity contribution is 6.09. The lowest BCUT2D eigenvalue weighted by Crippen LogP contribution is -2.36. The van der Waals surface area contributed by atoms with Crippen LogP contribution < -0.4 is 10.2 Å². The lowest BCUT2D eigenvalue weighted by molar-refractivity contribution is -0.132. The number of carbonyl (C=O) groups excluding carboxylic acids is 2. The Balaban J connectivity index is 1.63. The van der Waals surface area contributed by atoms with Gasteiger partial charge in [-0.05, 0) is 36.6 Å². The molecule has 1 heterocycles. The number of aliphatic hydroxyl groups is 1. The third kappa shape index (κ3) is 3.72. The number of rotatable bonds is 5. The van der Waals surface area contributed by atoms with E-state index in [-0.39, 0.29) is 18.4 Å². The maximum Gasteiger partial charge on any atom is 0.239 e. The predicted molar refractivity (Wildman–Crippen MR) is 95.9 cm³/mol. The van der Waals surface area contributed by atoms with Crippen LogP contribution in [0.2, 0.25) is 0 Å². The molecule has 0 spiro atoms. The molecule has 0 aliphatic carbocycles. The van der Waals surface area contributed by atoms with E-state index in [4.69, 9.17) is 0 Å². The Hall–Kier alpha value is -2.66. The summed E-state index contributed by atoms with van der Waals surface area (Å²) in [6, 6.07) is 15.1. The molecule has 0 bridgehead atoms. The zero-order valence-electron chi connectivity index (χ0n) is 14.2. The molecule has 2 aromatic rings. The Morgan fingerprint density at radius 2 is 1.84 bits per heavy atom. The van der Waals surface area contributed by atoms with E-state index in [2.05, 4.69) is 5.32 Å². The first-order valence-electron chi connectivity index (χ1n) is 8.43. The molecule has 1 saturated heterocycles. The van der Waals surface area contributed by atoms with E-state index >= 15 is 0 Å². The normalized spacial score (nSPS) is 17.0. The van der Waals surface area contributed by atoms with Gasteiger partial charge in [-0.15, -0.1) is 0 Å². The molecule has 0 saturated carbocycles. The highest BCUT2D eigenvalue weighted by Crippen LogP contribution is 2.25. The van der Waals surface area contributed by atoms with Gasteiger partial charge in [0.05, 0.1) is 6.61 Å². The summed E-state index contributed by atoms with van der Waals surface area (Å²) in [5.74, 6) is -1.06.